The van der Waals surface area contributed by atoms with Gasteiger partial charge in [-0.3, -0.25) is 14.7 Å². The Balaban J connectivity index is 1.23. The summed E-state index contributed by atoms with van der Waals surface area (Å²) in [5, 5.41) is 3.42. The lowest BCUT2D eigenvalue weighted by Gasteiger charge is -2.25. The van der Waals surface area contributed by atoms with E-state index < -0.39 is 0 Å². The largest absolute Gasteiger partial charge is 0.325 e. The number of anilines is 1. The second-order valence-electron chi connectivity index (χ2n) is 10.2. The normalized spacial score (nSPS) is 17.6. The third kappa shape index (κ3) is 4.27. The van der Waals surface area contributed by atoms with Gasteiger partial charge >= 0.3 is 0 Å². The number of nitrogens with one attached hydrogen (secondary N) is 1. The van der Waals surface area contributed by atoms with Crippen molar-refractivity contribution in [3.05, 3.63) is 93.8 Å². The summed E-state index contributed by atoms with van der Waals surface area (Å²) in [6, 6.07) is 19.3. The average Bonchev–Trinajstić information content (AvgIpc) is 3.50. The number of hydrogen-bond acceptors (Lipinski definition) is 3. The molecule has 0 saturated heterocycles. The third-order valence-corrected chi connectivity index (χ3v) is 7.85. The molecule has 1 amide bonds. The predicted octanol–water partition coefficient (Wildman–Crippen LogP) is 5.58. The van der Waals surface area contributed by atoms with Crippen LogP contribution in [0.15, 0.2) is 54.6 Å². The summed E-state index contributed by atoms with van der Waals surface area (Å²) in [7, 11) is 0. The molecule has 6 rings (SSSR count). The smallest absolute Gasteiger partial charge is 0.225 e. The maximum Gasteiger partial charge on any atom is 0.225 e. The molecule has 0 radical (unpaired) electrons. The molecular formula is C30H33N3O. The maximum atomic E-state index is 13.5. The molecule has 3 aromatic rings. The van der Waals surface area contributed by atoms with Crippen LogP contribution in [-0.4, -0.2) is 22.3 Å². The highest BCUT2D eigenvalue weighted by atomic mass is 16.1. The molecular weight excluding hydrogens is 418 g/mol. The van der Waals surface area contributed by atoms with E-state index in [-0.39, 0.29) is 11.8 Å². The van der Waals surface area contributed by atoms with E-state index in [1.165, 1.54) is 52.0 Å². The molecule has 34 heavy (non-hydrogen) atoms. The fourth-order valence-corrected chi connectivity index (χ4v) is 6.17. The summed E-state index contributed by atoms with van der Waals surface area (Å²) >= 11 is 0. The minimum Gasteiger partial charge on any atom is -0.325 e. The van der Waals surface area contributed by atoms with E-state index in [2.05, 4.69) is 64.8 Å². The predicted molar refractivity (Wildman–Crippen MR) is 136 cm³/mol. The number of fused-ring (bicyclic) bond motifs is 3. The molecule has 0 saturated carbocycles. The van der Waals surface area contributed by atoms with Gasteiger partial charge in [0.2, 0.25) is 5.91 Å². The van der Waals surface area contributed by atoms with Gasteiger partial charge in [0.1, 0.15) is 0 Å². The molecule has 2 heterocycles. The summed E-state index contributed by atoms with van der Waals surface area (Å²) in [5.41, 5.74) is 10.3. The highest BCUT2D eigenvalue weighted by Crippen LogP contribution is 2.36. The van der Waals surface area contributed by atoms with Gasteiger partial charge in [-0.05, 0) is 72.8 Å². The summed E-state index contributed by atoms with van der Waals surface area (Å²) in [5.74, 6) is 0.305. The van der Waals surface area contributed by atoms with Crippen molar-refractivity contribution in [2.75, 3.05) is 11.9 Å². The van der Waals surface area contributed by atoms with Crippen molar-refractivity contribution in [3.8, 4) is 0 Å². The van der Waals surface area contributed by atoms with Crippen molar-refractivity contribution in [2.24, 2.45) is 0 Å². The van der Waals surface area contributed by atoms with E-state index in [1.807, 2.05) is 0 Å². The van der Waals surface area contributed by atoms with Crippen LogP contribution < -0.4 is 5.32 Å². The Bertz CT molecular complexity index is 1180. The highest BCUT2D eigenvalue weighted by Gasteiger charge is 2.28. The van der Waals surface area contributed by atoms with E-state index in [0.717, 1.165) is 57.4 Å². The second-order valence-corrected chi connectivity index (χ2v) is 10.2. The molecule has 2 aromatic carbocycles. The molecule has 0 bridgehead atoms. The number of nitrogens with zero attached hydrogens (tertiary/aromatic N) is 2. The van der Waals surface area contributed by atoms with Crippen LogP contribution in [0.3, 0.4) is 0 Å². The van der Waals surface area contributed by atoms with Gasteiger partial charge in [0.05, 0.1) is 5.69 Å². The van der Waals surface area contributed by atoms with Gasteiger partial charge in [0.25, 0.3) is 0 Å². The fourth-order valence-electron chi connectivity index (χ4n) is 6.17. The number of benzene rings is 2. The first-order chi connectivity index (χ1) is 16.7. The van der Waals surface area contributed by atoms with Gasteiger partial charge < -0.3 is 5.32 Å². The molecule has 1 N–H and O–H groups in total. The lowest BCUT2D eigenvalue weighted by Crippen LogP contribution is -2.27. The zero-order chi connectivity index (χ0) is 22.9. The van der Waals surface area contributed by atoms with Crippen LogP contribution >= 0.6 is 0 Å². The topological polar surface area (TPSA) is 45.2 Å². The van der Waals surface area contributed by atoms with Crippen LogP contribution in [0.4, 0.5) is 5.69 Å². The molecule has 174 valence electrons. The van der Waals surface area contributed by atoms with Gasteiger partial charge in [0.15, 0.2) is 0 Å². The number of aromatic nitrogens is 1. The Labute approximate surface area is 202 Å². The molecule has 0 fully saturated rings. The molecule has 1 unspecified atom stereocenters. The van der Waals surface area contributed by atoms with Gasteiger partial charge in [-0.2, -0.15) is 0 Å². The molecule has 3 aliphatic rings. The number of hydrogen-bond donors (Lipinski definition) is 1. The zero-order valence-corrected chi connectivity index (χ0v) is 19.9. The fraction of sp³-hybridized carbons (Fsp3) is 0.400. The average molecular weight is 452 g/mol. The Morgan fingerprint density at radius 2 is 1.44 bits per heavy atom. The number of carbonyl (C=O) groups is 1. The van der Waals surface area contributed by atoms with E-state index >= 15 is 0 Å². The lowest BCUT2D eigenvalue weighted by atomic mass is 9.91. The highest BCUT2D eigenvalue weighted by molar-refractivity contribution is 5.93. The van der Waals surface area contributed by atoms with E-state index in [0.29, 0.717) is 6.42 Å². The lowest BCUT2D eigenvalue weighted by molar-refractivity contribution is -0.116. The Morgan fingerprint density at radius 3 is 2.18 bits per heavy atom. The Morgan fingerprint density at radius 1 is 0.824 bits per heavy atom. The van der Waals surface area contributed by atoms with Crippen molar-refractivity contribution >= 4 is 11.6 Å². The Kier molecular flexibility index (Phi) is 5.92. The van der Waals surface area contributed by atoms with Crippen LogP contribution in [0.25, 0.3) is 0 Å². The van der Waals surface area contributed by atoms with Crippen LogP contribution in [0, 0.1) is 0 Å². The molecule has 4 heteroatoms. The standard InChI is InChI=1S/C30H33N3O/c34-29(32-30-25-13-6-7-15-27(25)31-28-16-8-14-26(28)30)17-24(21-9-2-1-3-10-21)20-33-18-22-11-4-5-12-23(22)19-33/h1-5,9-12,24H,6-8,13-20H2,(H,31,32,34). The number of amides is 1. The van der Waals surface area contributed by atoms with Crippen LogP contribution in [0.2, 0.25) is 0 Å². The van der Waals surface area contributed by atoms with Gasteiger partial charge in [-0.25, -0.2) is 0 Å². The van der Waals surface area contributed by atoms with Gasteiger partial charge in [-0.1, -0.05) is 54.6 Å². The van der Waals surface area contributed by atoms with E-state index in [9.17, 15) is 4.79 Å². The van der Waals surface area contributed by atoms with Crippen molar-refractivity contribution in [2.45, 2.75) is 70.4 Å². The first-order valence-corrected chi connectivity index (χ1v) is 12.9. The summed E-state index contributed by atoms with van der Waals surface area (Å²) in [4.78, 5) is 21.0. The quantitative estimate of drug-likeness (QED) is 0.532. The first kappa shape index (κ1) is 21.5. The third-order valence-electron chi connectivity index (χ3n) is 7.85. The molecule has 1 aliphatic heterocycles. The summed E-state index contributed by atoms with van der Waals surface area (Å²) in [6.45, 7) is 2.82. The first-order valence-electron chi connectivity index (χ1n) is 12.9. The summed E-state index contributed by atoms with van der Waals surface area (Å²) < 4.78 is 0. The summed E-state index contributed by atoms with van der Waals surface area (Å²) in [6.07, 6.45) is 8.23. The number of aryl methyl sites for hydroxylation is 2. The minimum absolute atomic E-state index is 0.138. The van der Waals surface area contributed by atoms with E-state index in [1.54, 1.807) is 0 Å². The van der Waals surface area contributed by atoms with E-state index in [4.69, 9.17) is 4.98 Å². The van der Waals surface area contributed by atoms with Crippen molar-refractivity contribution < 1.29 is 4.79 Å². The van der Waals surface area contributed by atoms with Crippen LogP contribution in [-0.2, 0) is 43.6 Å². The molecule has 2 aliphatic carbocycles. The Hall–Kier alpha value is -2.98. The number of pyridine rings is 1. The van der Waals surface area contributed by atoms with Crippen molar-refractivity contribution in [3.63, 3.8) is 0 Å². The molecule has 0 spiro atoms. The molecule has 1 atom stereocenters. The number of rotatable bonds is 6. The molecule has 4 nitrogen and oxygen atoms in total. The maximum absolute atomic E-state index is 13.5. The second kappa shape index (κ2) is 9.34. The zero-order valence-electron chi connectivity index (χ0n) is 19.9. The SMILES string of the molecule is O=C(CC(CN1Cc2ccccc2C1)c1ccccc1)Nc1c2c(nc3c1CCC3)CCCC2. The monoisotopic (exact) mass is 451 g/mol. The van der Waals surface area contributed by atoms with Crippen molar-refractivity contribution in [1.29, 1.82) is 0 Å². The van der Waals surface area contributed by atoms with Crippen molar-refractivity contribution in [1.82, 2.24) is 9.88 Å². The molecule has 1 aromatic heterocycles. The van der Waals surface area contributed by atoms with Gasteiger partial charge in [-0.15, -0.1) is 0 Å². The van der Waals surface area contributed by atoms with Crippen LogP contribution in [0.1, 0.15) is 70.8 Å². The minimum atomic E-state index is 0.138. The van der Waals surface area contributed by atoms with Gasteiger partial charge in [0, 0.05) is 43.4 Å². The van der Waals surface area contributed by atoms with Crippen LogP contribution in [0.5, 0.6) is 0 Å². The number of carbonyl (C=O) groups excluding carboxylic acids is 1.